The SMILES string of the molecule is COc1ccc2oc3ccc(Br)cc3c(=O)c(=O)c2c1. The molecule has 1 heterocycles. The molecule has 0 radical (unpaired) electrons. The topological polar surface area (TPSA) is 56.5 Å². The van der Waals surface area contributed by atoms with Gasteiger partial charge in [-0.05, 0) is 36.4 Å². The van der Waals surface area contributed by atoms with Crippen molar-refractivity contribution in [1.82, 2.24) is 0 Å². The normalized spacial score (nSPS) is 10.9. The largest absolute Gasteiger partial charge is 0.497 e. The summed E-state index contributed by atoms with van der Waals surface area (Å²) in [5, 5.41) is 0.459. The van der Waals surface area contributed by atoms with Crippen molar-refractivity contribution >= 4 is 37.9 Å². The molecule has 0 aliphatic carbocycles. The Morgan fingerprint density at radius 1 is 0.950 bits per heavy atom. The summed E-state index contributed by atoms with van der Waals surface area (Å²) in [6.07, 6.45) is 0. The maximum atomic E-state index is 12.3. The molecule has 3 aromatic rings. The smallest absolute Gasteiger partial charge is 0.237 e. The highest BCUT2D eigenvalue weighted by Gasteiger charge is 2.09. The van der Waals surface area contributed by atoms with E-state index >= 15 is 0 Å². The maximum Gasteiger partial charge on any atom is 0.237 e. The molecule has 100 valence electrons. The maximum absolute atomic E-state index is 12.3. The number of rotatable bonds is 1. The summed E-state index contributed by atoms with van der Waals surface area (Å²) in [6.45, 7) is 0. The first-order chi connectivity index (χ1) is 9.60. The van der Waals surface area contributed by atoms with Gasteiger partial charge < -0.3 is 9.15 Å². The van der Waals surface area contributed by atoms with Crippen molar-refractivity contribution in [1.29, 1.82) is 0 Å². The fraction of sp³-hybridized carbons (Fsp3) is 0.0667. The molecule has 20 heavy (non-hydrogen) atoms. The van der Waals surface area contributed by atoms with Crippen LogP contribution in [0, 0.1) is 0 Å². The molecule has 0 aliphatic heterocycles. The minimum absolute atomic E-state index is 0.210. The summed E-state index contributed by atoms with van der Waals surface area (Å²) >= 11 is 3.28. The molecule has 0 aliphatic rings. The van der Waals surface area contributed by atoms with Crippen LogP contribution < -0.4 is 15.6 Å². The molecule has 3 rings (SSSR count). The number of halogens is 1. The average Bonchev–Trinajstić information content (AvgIpc) is 2.56. The number of benzene rings is 2. The van der Waals surface area contributed by atoms with Crippen molar-refractivity contribution < 1.29 is 9.15 Å². The zero-order valence-corrected chi connectivity index (χ0v) is 12.1. The predicted octanol–water partition coefficient (Wildman–Crippen LogP) is 3.08. The van der Waals surface area contributed by atoms with Crippen molar-refractivity contribution in [2.45, 2.75) is 0 Å². The molecule has 0 amide bonds. The van der Waals surface area contributed by atoms with Crippen molar-refractivity contribution in [3.05, 3.63) is 61.3 Å². The first-order valence-corrected chi connectivity index (χ1v) is 6.64. The van der Waals surface area contributed by atoms with E-state index in [1.807, 2.05) is 0 Å². The Kier molecular flexibility index (Phi) is 3.06. The van der Waals surface area contributed by atoms with Gasteiger partial charge in [-0.2, -0.15) is 0 Å². The van der Waals surface area contributed by atoms with Crippen LogP contribution in [0.3, 0.4) is 0 Å². The van der Waals surface area contributed by atoms with Gasteiger partial charge in [0.15, 0.2) is 0 Å². The van der Waals surface area contributed by atoms with E-state index in [1.54, 1.807) is 30.3 Å². The van der Waals surface area contributed by atoms with E-state index in [2.05, 4.69) is 15.9 Å². The van der Waals surface area contributed by atoms with Gasteiger partial charge in [0, 0.05) is 4.47 Å². The van der Waals surface area contributed by atoms with Crippen LogP contribution >= 0.6 is 15.9 Å². The Morgan fingerprint density at radius 2 is 1.55 bits per heavy atom. The first kappa shape index (κ1) is 12.9. The predicted molar refractivity (Wildman–Crippen MR) is 80.5 cm³/mol. The second-order valence-corrected chi connectivity index (χ2v) is 5.18. The van der Waals surface area contributed by atoms with Crippen LogP contribution in [0.4, 0.5) is 0 Å². The molecule has 0 N–H and O–H groups in total. The highest BCUT2D eigenvalue weighted by molar-refractivity contribution is 9.10. The summed E-state index contributed by atoms with van der Waals surface area (Å²) in [4.78, 5) is 24.5. The summed E-state index contributed by atoms with van der Waals surface area (Å²) in [5.41, 5.74) is -0.468. The monoisotopic (exact) mass is 332 g/mol. The highest BCUT2D eigenvalue weighted by Crippen LogP contribution is 2.21. The standard InChI is InChI=1S/C15H9BrO4/c1-19-9-3-5-13-11(7-9)15(18)14(17)10-6-8(16)2-4-12(10)20-13/h2-7H,1H3. The second kappa shape index (κ2) is 4.76. The van der Waals surface area contributed by atoms with Crippen molar-refractivity contribution in [2.75, 3.05) is 7.11 Å². The summed E-state index contributed by atoms with van der Waals surface area (Å²) in [7, 11) is 1.50. The van der Waals surface area contributed by atoms with Crippen LogP contribution in [0.15, 0.2) is 54.9 Å². The minimum Gasteiger partial charge on any atom is -0.497 e. The molecule has 2 aromatic carbocycles. The van der Waals surface area contributed by atoms with Gasteiger partial charge in [-0.15, -0.1) is 0 Å². The third-order valence-electron chi connectivity index (χ3n) is 3.04. The highest BCUT2D eigenvalue weighted by atomic mass is 79.9. The lowest BCUT2D eigenvalue weighted by atomic mass is 10.2. The van der Waals surface area contributed by atoms with Crippen molar-refractivity contribution in [3.63, 3.8) is 0 Å². The molecule has 4 nitrogen and oxygen atoms in total. The lowest BCUT2D eigenvalue weighted by molar-refractivity contribution is 0.415. The molecule has 0 unspecified atom stereocenters. The average molecular weight is 333 g/mol. The minimum atomic E-state index is -0.601. The number of ether oxygens (including phenoxy) is 1. The first-order valence-electron chi connectivity index (χ1n) is 5.84. The zero-order valence-electron chi connectivity index (χ0n) is 10.5. The number of hydrogen-bond acceptors (Lipinski definition) is 4. The Hall–Kier alpha value is -2.14. The van der Waals surface area contributed by atoms with Crippen molar-refractivity contribution in [2.24, 2.45) is 0 Å². The van der Waals surface area contributed by atoms with Crippen LogP contribution in [0.5, 0.6) is 5.75 Å². The molecule has 0 saturated heterocycles. The van der Waals surface area contributed by atoms with Gasteiger partial charge in [0.05, 0.1) is 17.9 Å². The molecule has 5 heteroatoms. The van der Waals surface area contributed by atoms with E-state index in [1.165, 1.54) is 13.2 Å². The van der Waals surface area contributed by atoms with Crippen LogP contribution in [-0.2, 0) is 0 Å². The second-order valence-electron chi connectivity index (χ2n) is 4.26. The molecule has 0 atom stereocenters. The Morgan fingerprint density at radius 3 is 2.20 bits per heavy atom. The Balaban J connectivity index is 2.61. The Bertz CT molecular complexity index is 944. The van der Waals surface area contributed by atoms with Gasteiger partial charge in [0.2, 0.25) is 10.9 Å². The van der Waals surface area contributed by atoms with Gasteiger partial charge >= 0.3 is 0 Å². The molecule has 0 fully saturated rings. The number of methoxy groups -OCH3 is 1. The number of hydrogen-bond donors (Lipinski definition) is 0. The quantitative estimate of drug-likeness (QED) is 0.642. The molecular formula is C15H9BrO4. The summed E-state index contributed by atoms with van der Waals surface area (Å²) in [5.74, 6) is 0.501. The molecule has 0 bridgehead atoms. The van der Waals surface area contributed by atoms with Gasteiger partial charge in [-0.1, -0.05) is 15.9 Å². The van der Waals surface area contributed by atoms with E-state index in [9.17, 15) is 9.59 Å². The third kappa shape index (κ3) is 2.00. The van der Waals surface area contributed by atoms with Crippen LogP contribution in [0.2, 0.25) is 0 Å². The lowest BCUT2D eigenvalue weighted by Gasteiger charge is -1.98. The van der Waals surface area contributed by atoms with E-state index < -0.39 is 10.9 Å². The summed E-state index contributed by atoms with van der Waals surface area (Å²) < 4.78 is 11.5. The Labute approximate surface area is 121 Å². The summed E-state index contributed by atoms with van der Waals surface area (Å²) in [6, 6.07) is 9.81. The molecule has 0 spiro atoms. The van der Waals surface area contributed by atoms with Gasteiger partial charge in [0.25, 0.3) is 0 Å². The van der Waals surface area contributed by atoms with Crippen molar-refractivity contribution in [3.8, 4) is 5.75 Å². The fourth-order valence-electron chi connectivity index (χ4n) is 2.03. The van der Waals surface area contributed by atoms with Gasteiger partial charge in [-0.25, -0.2) is 0 Å². The molecule has 1 aromatic heterocycles. The van der Waals surface area contributed by atoms with E-state index in [0.29, 0.717) is 21.4 Å². The van der Waals surface area contributed by atoms with Gasteiger partial charge in [-0.3, -0.25) is 9.59 Å². The van der Waals surface area contributed by atoms with Gasteiger partial charge in [0.1, 0.15) is 16.9 Å². The van der Waals surface area contributed by atoms with E-state index in [4.69, 9.17) is 9.15 Å². The van der Waals surface area contributed by atoms with E-state index in [0.717, 1.165) is 0 Å². The van der Waals surface area contributed by atoms with Crippen LogP contribution in [-0.4, -0.2) is 7.11 Å². The van der Waals surface area contributed by atoms with E-state index in [-0.39, 0.29) is 10.8 Å². The molecular weight excluding hydrogens is 324 g/mol. The number of fused-ring (bicyclic) bond motifs is 2. The fourth-order valence-corrected chi connectivity index (χ4v) is 2.40. The van der Waals surface area contributed by atoms with Crippen LogP contribution in [0.1, 0.15) is 0 Å². The van der Waals surface area contributed by atoms with Crippen LogP contribution in [0.25, 0.3) is 21.9 Å². The third-order valence-corrected chi connectivity index (χ3v) is 3.54. The zero-order chi connectivity index (χ0) is 14.3. The molecule has 0 saturated carbocycles. The lowest BCUT2D eigenvalue weighted by Crippen LogP contribution is -2.21.